The van der Waals surface area contributed by atoms with Crippen LogP contribution in [0.1, 0.15) is 19.3 Å². The molecule has 2 saturated heterocycles. The summed E-state index contributed by atoms with van der Waals surface area (Å²) in [5, 5.41) is 31.0. The zero-order valence-corrected chi connectivity index (χ0v) is 23.7. The Hall–Kier alpha value is -2.44. The molecule has 9 N–H and O–H groups in total. The van der Waals surface area contributed by atoms with Gasteiger partial charge >= 0.3 is 15.6 Å². The minimum atomic E-state index is -5.28. The summed E-state index contributed by atoms with van der Waals surface area (Å²) in [6.07, 6.45) is 0.710. The first kappa shape index (κ1) is 32.5. The fourth-order valence-corrected chi connectivity index (χ4v) is 6.65. The second-order valence-electron chi connectivity index (χ2n) is 9.72. The van der Waals surface area contributed by atoms with E-state index in [-0.39, 0.29) is 24.0 Å². The van der Waals surface area contributed by atoms with Crippen LogP contribution in [0.25, 0.3) is 0 Å². The molecule has 9 atom stereocenters. The summed E-state index contributed by atoms with van der Waals surface area (Å²) in [6, 6.07) is 0. The molecule has 4 aliphatic rings. The summed E-state index contributed by atoms with van der Waals surface area (Å²) in [4.78, 5) is 45.5. The number of ether oxygens (including phenoxy) is 2. The molecular weight excluding hydrogens is 606 g/mol. The van der Waals surface area contributed by atoms with Crippen molar-refractivity contribution in [2.45, 2.75) is 62.2 Å². The van der Waals surface area contributed by atoms with Gasteiger partial charge in [0.05, 0.1) is 19.3 Å². The molecule has 0 aromatic carbocycles. The zero-order chi connectivity index (χ0) is 30.8. The Labute approximate surface area is 239 Å². The maximum atomic E-state index is 12.4. The molecule has 4 heterocycles. The number of primary amides is 2. The minimum Gasteiger partial charge on any atom is -0.388 e. The fraction of sp³-hybridized carbons (Fsp3) is 0.545. The van der Waals surface area contributed by atoms with Crippen molar-refractivity contribution in [2.75, 3.05) is 13.2 Å². The van der Waals surface area contributed by atoms with E-state index in [0.29, 0.717) is 6.42 Å². The maximum absolute atomic E-state index is 12.4. The third-order valence-corrected chi connectivity index (χ3v) is 9.20. The molecule has 4 aliphatic heterocycles. The second-order valence-corrected chi connectivity index (χ2v) is 12.8. The quantitative estimate of drug-likeness (QED) is 0.118. The Bertz CT molecular complexity index is 1270. The van der Waals surface area contributed by atoms with Crippen LogP contribution in [0.2, 0.25) is 0 Å². The van der Waals surface area contributed by atoms with Crippen LogP contribution in [0, 0.1) is 0 Å². The lowest BCUT2D eigenvalue weighted by Crippen LogP contribution is -2.40. The lowest BCUT2D eigenvalue weighted by molar-refractivity contribution is -0.115. The lowest BCUT2D eigenvalue weighted by Gasteiger charge is -2.28. The van der Waals surface area contributed by atoms with Gasteiger partial charge in [-0.05, 0) is 12.8 Å². The van der Waals surface area contributed by atoms with Crippen molar-refractivity contribution >= 4 is 27.5 Å². The van der Waals surface area contributed by atoms with Gasteiger partial charge in [0, 0.05) is 42.4 Å². The Morgan fingerprint density at radius 1 is 0.857 bits per heavy atom. The predicted octanol–water partition coefficient (Wildman–Crippen LogP) is -1.66. The molecule has 2 fully saturated rings. The highest BCUT2D eigenvalue weighted by molar-refractivity contribution is 7.61. The van der Waals surface area contributed by atoms with Gasteiger partial charge < -0.3 is 55.8 Å². The molecule has 234 valence electrons. The van der Waals surface area contributed by atoms with Crippen molar-refractivity contribution in [1.82, 2.24) is 9.80 Å². The summed E-state index contributed by atoms with van der Waals surface area (Å²) in [5.74, 6) is -1.34. The number of rotatable bonds is 12. The van der Waals surface area contributed by atoms with Crippen molar-refractivity contribution in [2.24, 2.45) is 11.5 Å². The van der Waals surface area contributed by atoms with Gasteiger partial charge in [0.25, 0.3) is 0 Å². The van der Waals surface area contributed by atoms with Gasteiger partial charge in [-0.15, -0.1) is 0 Å². The van der Waals surface area contributed by atoms with Crippen LogP contribution < -0.4 is 11.5 Å². The van der Waals surface area contributed by atoms with Gasteiger partial charge in [-0.2, -0.15) is 4.31 Å². The third kappa shape index (κ3) is 7.93. The Morgan fingerprint density at radius 2 is 1.38 bits per heavy atom. The topological polar surface area (TPSA) is 274 Å². The van der Waals surface area contributed by atoms with E-state index < -0.39 is 83.6 Å². The Kier molecular flexibility index (Phi) is 10.1. The van der Waals surface area contributed by atoms with Gasteiger partial charge in [0.15, 0.2) is 12.5 Å². The Morgan fingerprint density at radius 3 is 1.93 bits per heavy atom. The average Bonchev–Trinajstić information content (AvgIpc) is 3.44. The maximum Gasteiger partial charge on any atom is 0.481 e. The summed E-state index contributed by atoms with van der Waals surface area (Å²) < 4.78 is 49.6. The number of phosphoric ester groups is 2. The molecule has 0 aliphatic carbocycles. The molecule has 2 unspecified atom stereocenters. The van der Waals surface area contributed by atoms with Crippen LogP contribution in [-0.4, -0.2) is 103 Å². The number of carbonyl (C=O) groups is 2. The highest BCUT2D eigenvalue weighted by Gasteiger charge is 2.47. The first-order valence-electron chi connectivity index (χ1n) is 12.6. The number of phosphoric acid groups is 2. The van der Waals surface area contributed by atoms with Gasteiger partial charge in [-0.1, -0.05) is 12.2 Å². The first-order valence-corrected chi connectivity index (χ1v) is 15.5. The zero-order valence-electron chi connectivity index (χ0n) is 21.9. The van der Waals surface area contributed by atoms with E-state index in [2.05, 4.69) is 4.31 Å². The van der Waals surface area contributed by atoms with E-state index in [0.717, 1.165) is 0 Å². The molecule has 4 rings (SSSR count). The molecule has 42 heavy (non-hydrogen) atoms. The number of aliphatic hydroxyl groups excluding tert-OH is 3. The van der Waals surface area contributed by atoms with Gasteiger partial charge in [0.1, 0.15) is 24.4 Å². The van der Waals surface area contributed by atoms with Crippen molar-refractivity contribution in [3.8, 4) is 0 Å². The van der Waals surface area contributed by atoms with Crippen LogP contribution in [-0.2, 0) is 41.6 Å². The monoisotopic (exact) mass is 638 g/mol. The van der Waals surface area contributed by atoms with Gasteiger partial charge in [-0.3, -0.25) is 18.6 Å². The Balaban J connectivity index is 1.26. The smallest absolute Gasteiger partial charge is 0.388 e. The number of hydrogen-bond acceptors (Lipinski definition) is 14. The highest BCUT2D eigenvalue weighted by Crippen LogP contribution is 2.60. The molecule has 0 aromatic rings. The highest BCUT2D eigenvalue weighted by atomic mass is 31.3. The number of nitrogens with two attached hydrogens (primary N) is 2. The molecule has 2 amide bonds. The molecule has 20 heteroatoms. The summed E-state index contributed by atoms with van der Waals surface area (Å²) in [5.41, 5.74) is 11.0. The molecule has 0 bridgehead atoms. The second kappa shape index (κ2) is 13.1. The van der Waals surface area contributed by atoms with Crippen molar-refractivity contribution in [1.29, 1.82) is 0 Å². The predicted molar refractivity (Wildman–Crippen MR) is 138 cm³/mol. The van der Waals surface area contributed by atoms with Crippen LogP contribution in [0.5, 0.6) is 0 Å². The SMILES string of the molecule is NC(=O)C1=CN([C@H]2O[C@H](COP(=O)(O)OP(=O)(O)OC[C@@H]3C[C@@H](O)[C@@H](N4C=CCC(C(N)=O)=C4)O3)[C@@H](O)[C@H]2O)C=CC1. The summed E-state index contributed by atoms with van der Waals surface area (Å²) >= 11 is 0. The molecule has 0 spiro atoms. The number of allylic oxidation sites excluding steroid dienone is 2. The molecule has 18 nitrogen and oxygen atoms in total. The van der Waals surface area contributed by atoms with Gasteiger partial charge in [0.2, 0.25) is 11.8 Å². The number of hydrogen-bond donors (Lipinski definition) is 7. The first-order chi connectivity index (χ1) is 19.7. The number of nitrogens with zero attached hydrogens (tertiary/aromatic N) is 2. The number of carbonyl (C=O) groups excluding carboxylic acids is 2. The van der Waals surface area contributed by atoms with Crippen LogP contribution >= 0.6 is 15.6 Å². The minimum absolute atomic E-state index is 0.0508. The van der Waals surface area contributed by atoms with E-state index in [1.54, 1.807) is 18.4 Å². The molecule has 0 radical (unpaired) electrons. The third-order valence-electron chi connectivity index (χ3n) is 6.60. The number of amides is 2. The van der Waals surface area contributed by atoms with E-state index in [4.69, 9.17) is 30.0 Å². The van der Waals surface area contributed by atoms with E-state index in [1.807, 2.05) is 0 Å². The van der Waals surface area contributed by atoms with E-state index >= 15 is 0 Å². The van der Waals surface area contributed by atoms with Crippen LogP contribution in [0.4, 0.5) is 0 Å². The number of aliphatic hydroxyl groups is 3. The molecular formula is C22H32N4O14P2. The van der Waals surface area contributed by atoms with E-state index in [1.165, 1.54) is 28.4 Å². The lowest BCUT2D eigenvalue weighted by atomic mass is 10.1. The van der Waals surface area contributed by atoms with Gasteiger partial charge in [-0.25, -0.2) is 9.13 Å². The van der Waals surface area contributed by atoms with Crippen LogP contribution in [0.15, 0.2) is 48.1 Å². The van der Waals surface area contributed by atoms with E-state index in [9.17, 15) is 43.8 Å². The normalized spacial score (nSPS) is 34.1. The van der Waals surface area contributed by atoms with Crippen molar-refractivity contribution < 1.29 is 66.7 Å². The summed E-state index contributed by atoms with van der Waals surface area (Å²) in [7, 11) is -10.5. The molecule has 0 aromatic heterocycles. The van der Waals surface area contributed by atoms with Crippen molar-refractivity contribution in [3.05, 3.63) is 48.1 Å². The fourth-order valence-electron chi connectivity index (χ4n) is 4.54. The largest absolute Gasteiger partial charge is 0.481 e. The summed E-state index contributed by atoms with van der Waals surface area (Å²) in [6.45, 7) is -1.48. The molecule has 0 saturated carbocycles. The van der Waals surface area contributed by atoms with Crippen molar-refractivity contribution in [3.63, 3.8) is 0 Å². The average molecular weight is 638 g/mol. The van der Waals surface area contributed by atoms with Crippen LogP contribution in [0.3, 0.4) is 0 Å². The standard InChI is InChI=1S/C22H32N4O14P2/c23-19(30)12-3-1-5-25(8-12)21-15(27)7-14(38-21)10-36-41(32,33)40-42(34,35)37-11-16-17(28)18(29)22(39-16)26-6-2-4-13(9-26)20(24)31/h1-2,5-6,8-9,14-18,21-22,27-29H,3-4,7,10-11H2,(H2,23,30)(H2,24,31)(H,32,33)(H,34,35)/t14-,15+,16+,17+,18+,21-,22-/m0/s1.